The molecule has 1 fully saturated rings. The summed E-state index contributed by atoms with van der Waals surface area (Å²) < 4.78 is 7.31. The fraction of sp³-hybridized carbons (Fsp3) is 0.600. The molecule has 0 aromatic carbocycles. The molecular formula is C10H15N3O2. The smallest absolute Gasteiger partial charge is 0.221 e. The van der Waals surface area contributed by atoms with Gasteiger partial charge in [0.05, 0.1) is 24.5 Å². The van der Waals surface area contributed by atoms with Crippen LogP contribution in [0.4, 0.5) is 5.69 Å². The van der Waals surface area contributed by atoms with Crippen molar-refractivity contribution in [3.63, 3.8) is 0 Å². The monoisotopic (exact) mass is 209 g/mol. The van der Waals surface area contributed by atoms with E-state index in [2.05, 4.69) is 10.4 Å². The van der Waals surface area contributed by atoms with Crippen LogP contribution in [-0.2, 0) is 16.1 Å². The van der Waals surface area contributed by atoms with Gasteiger partial charge in [0.15, 0.2) is 0 Å². The first-order chi connectivity index (χ1) is 7.24. The zero-order valence-corrected chi connectivity index (χ0v) is 8.77. The number of rotatable bonds is 3. The van der Waals surface area contributed by atoms with E-state index in [4.69, 9.17) is 4.74 Å². The minimum atomic E-state index is -0.0772. The lowest BCUT2D eigenvalue weighted by Gasteiger charge is -2.08. The number of nitrogens with zero attached hydrogens (tertiary/aromatic N) is 2. The van der Waals surface area contributed by atoms with Crippen LogP contribution in [0.2, 0.25) is 0 Å². The SMILES string of the molecule is CC(=O)Nc1cnn(CC2CCCO2)c1. The van der Waals surface area contributed by atoms with Crippen LogP contribution >= 0.6 is 0 Å². The Balaban J connectivity index is 1.91. The predicted molar refractivity (Wildman–Crippen MR) is 55.5 cm³/mol. The molecule has 1 aromatic heterocycles. The summed E-state index contributed by atoms with van der Waals surface area (Å²) in [6, 6.07) is 0. The largest absolute Gasteiger partial charge is 0.376 e. The summed E-state index contributed by atoms with van der Waals surface area (Å²) in [4.78, 5) is 10.8. The van der Waals surface area contributed by atoms with Crippen molar-refractivity contribution in [2.75, 3.05) is 11.9 Å². The molecule has 1 amide bonds. The summed E-state index contributed by atoms with van der Waals surface area (Å²) in [6.45, 7) is 3.10. The number of carbonyl (C=O) groups is 1. The van der Waals surface area contributed by atoms with E-state index in [1.165, 1.54) is 6.92 Å². The van der Waals surface area contributed by atoms with Crippen molar-refractivity contribution < 1.29 is 9.53 Å². The van der Waals surface area contributed by atoms with Gasteiger partial charge < -0.3 is 10.1 Å². The maximum Gasteiger partial charge on any atom is 0.221 e. The second kappa shape index (κ2) is 4.44. The summed E-state index contributed by atoms with van der Waals surface area (Å²) in [7, 11) is 0. The number of hydrogen-bond acceptors (Lipinski definition) is 3. The van der Waals surface area contributed by atoms with Crippen LogP contribution in [-0.4, -0.2) is 28.4 Å². The van der Waals surface area contributed by atoms with Crippen LogP contribution in [0.1, 0.15) is 19.8 Å². The Bertz CT molecular complexity index is 342. The molecule has 1 N–H and O–H groups in total. The topological polar surface area (TPSA) is 56.2 Å². The van der Waals surface area contributed by atoms with Crippen molar-refractivity contribution in [1.29, 1.82) is 0 Å². The summed E-state index contributed by atoms with van der Waals surface area (Å²) in [5.74, 6) is -0.0772. The number of ether oxygens (including phenoxy) is 1. The van der Waals surface area contributed by atoms with Crippen molar-refractivity contribution in [3.05, 3.63) is 12.4 Å². The highest BCUT2D eigenvalue weighted by Gasteiger charge is 2.16. The molecule has 0 bridgehead atoms. The van der Waals surface area contributed by atoms with E-state index in [1.807, 2.05) is 6.20 Å². The van der Waals surface area contributed by atoms with Crippen LogP contribution in [0, 0.1) is 0 Å². The summed E-state index contributed by atoms with van der Waals surface area (Å²) in [6.07, 6.45) is 5.97. The molecule has 5 nitrogen and oxygen atoms in total. The van der Waals surface area contributed by atoms with Gasteiger partial charge in [-0.05, 0) is 12.8 Å². The van der Waals surface area contributed by atoms with Gasteiger partial charge in [0, 0.05) is 19.7 Å². The van der Waals surface area contributed by atoms with E-state index in [0.717, 1.165) is 31.7 Å². The minimum absolute atomic E-state index is 0.0772. The third-order valence-corrected chi connectivity index (χ3v) is 2.37. The normalized spacial score (nSPS) is 20.5. The van der Waals surface area contributed by atoms with Crippen LogP contribution in [0.25, 0.3) is 0 Å². The number of anilines is 1. The molecule has 0 spiro atoms. The minimum Gasteiger partial charge on any atom is -0.376 e. The first kappa shape index (κ1) is 10.2. The van der Waals surface area contributed by atoms with E-state index < -0.39 is 0 Å². The van der Waals surface area contributed by atoms with Gasteiger partial charge in [0.1, 0.15) is 0 Å². The van der Waals surface area contributed by atoms with Crippen molar-refractivity contribution in [1.82, 2.24) is 9.78 Å². The summed E-state index contributed by atoms with van der Waals surface area (Å²) in [5.41, 5.74) is 0.737. The number of aromatic nitrogens is 2. The Hall–Kier alpha value is -1.36. The molecule has 2 heterocycles. The van der Waals surface area contributed by atoms with Gasteiger partial charge in [0.25, 0.3) is 0 Å². The molecule has 1 aliphatic heterocycles. The molecule has 5 heteroatoms. The average molecular weight is 209 g/mol. The Morgan fingerprint density at radius 2 is 2.67 bits per heavy atom. The van der Waals surface area contributed by atoms with Crippen molar-refractivity contribution in [2.45, 2.75) is 32.4 Å². The second-order valence-electron chi connectivity index (χ2n) is 3.77. The fourth-order valence-corrected chi connectivity index (χ4v) is 1.73. The fourth-order valence-electron chi connectivity index (χ4n) is 1.73. The molecule has 1 saturated heterocycles. The molecule has 0 saturated carbocycles. The second-order valence-corrected chi connectivity index (χ2v) is 3.77. The quantitative estimate of drug-likeness (QED) is 0.808. The first-order valence-corrected chi connectivity index (χ1v) is 5.15. The number of hydrogen-bond donors (Lipinski definition) is 1. The standard InChI is InChI=1S/C10H15N3O2/c1-8(14)12-9-5-11-13(6-9)7-10-3-2-4-15-10/h5-6,10H,2-4,7H2,1H3,(H,12,14). The van der Waals surface area contributed by atoms with E-state index in [1.54, 1.807) is 10.9 Å². The molecule has 1 aliphatic rings. The van der Waals surface area contributed by atoms with Gasteiger partial charge in [-0.25, -0.2) is 0 Å². The lowest BCUT2D eigenvalue weighted by molar-refractivity contribution is -0.114. The van der Waals surface area contributed by atoms with Gasteiger partial charge in [0.2, 0.25) is 5.91 Å². The molecule has 0 radical (unpaired) electrons. The zero-order valence-electron chi connectivity index (χ0n) is 8.77. The molecule has 15 heavy (non-hydrogen) atoms. The summed E-state index contributed by atoms with van der Waals surface area (Å²) in [5, 5.41) is 6.84. The number of amides is 1. The highest BCUT2D eigenvalue weighted by molar-refractivity contribution is 5.88. The lowest BCUT2D eigenvalue weighted by Crippen LogP contribution is -2.15. The molecule has 2 rings (SSSR count). The van der Waals surface area contributed by atoms with Crippen molar-refractivity contribution >= 4 is 11.6 Å². The number of nitrogens with one attached hydrogen (secondary N) is 1. The van der Waals surface area contributed by atoms with Crippen molar-refractivity contribution in [2.24, 2.45) is 0 Å². The highest BCUT2D eigenvalue weighted by atomic mass is 16.5. The Kier molecular flexibility index (Phi) is 3.01. The molecular weight excluding hydrogens is 194 g/mol. The van der Waals surface area contributed by atoms with E-state index in [9.17, 15) is 4.79 Å². The van der Waals surface area contributed by atoms with Gasteiger partial charge in [-0.1, -0.05) is 0 Å². The maximum absolute atomic E-state index is 10.8. The van der Waals surface area contributed by atoms with Crippen LogP contribution in [0.3, 0.4) is 0 Å². The average Bonchev–Trinajstić information content (AvgIpc) is 2.77. The highest BCUT2D eigenvalue weighted by Crippen LogP contribution is 2.14. The van der Waals surface area contributed by atoms with Gasteiger partial charge in [-0.3, -0.25) is 9.48 Å². The zero-order chi connectivity index (χ0) is 10.7. The van der Waals surface area contributed by atoms with Crippen LogP contribution in [0.15, 0.2) is 12.4 Å². The molecule has 1 atom stereocenters. The number of carbonyl (C=O) groups excluding carboxylic acids is 1. The third kappa shape index (κ3) is 2.79. The van der Waals surface area contributed by atoms with Gasteiger partial charge in [-0.15, -0.1) is 0 Å². The predicted octanol–water partition coefficient (Wildman–Crippen LogP) is 1.02. The Morgan fingerprint density at radius 1 is 1.80 bits per heavy atom. The van der Waals surface area contributed by atoms with Crippen LogP contribution in [0.5, 0.6) is 0 Å². The van der Waals surface area contributed by atoms with Crippen molar-refractivity contribution in [3.8, 4) is 0 Å². The van der Waals surface area contributed by atoms with Crippen LogP contribution < -0.4 is 5.32 Å². The molecule has 0 aliphatic carbocycles. The van der Waals surface area contributed by atoms with E-state index >= 15 is 0 Å². The molecule has 1 aromatic rings. The van der Waals surface area contributed by atoms with Gasteiger partial charge >= 0.3 is 0 Å². The first-order valence-electron chi connectivity index (χ1n) is 5.15. The molecule has 1 unspecified atom stereocenters. The maximum atomic E-state index is 10.8. The van der Waals surface area contributed by atoms with E-state index in [-0.39, 0.29) is 12.0 Å². The summed E-state index contributed by atoms with van der Waals surface area (Å²) >= 11 is 0. The lowest BCUT2D eigenvalue weighted by atomic mass is 10.2. The molecule has 82 valence electrons. The van der Waals surface area contributed by atoms with E-state index in [0.29, 0.717) is 0 Å². The Morgan fingerprint density at radius 3 is 3.33 bits per heavy atom. The van der Waals surface area contributed by atoms with Gasteiger partial charge in [-0.2, -0.15) is 5.10 Å². The third-order valence-electron chi connectivity index (χ3n) is 2.37. The Labute approximate surface area is 88.4 Å².